The summed E-state index contributed by atoms with van der Waals surface area (Å²) in [6.07, 6.45) is 8.37. The van der Waals surface area contributed by atoms with Crippen molar-refractivity contribution < 1.29 is 9.84 Å². The fraction of sp³-hybridized carbons (Fsp3) is 1.00. The lowest BCUT2D eigenvalue weighted by Gasteiger charge is -2.36. The lowest BCUT2D eigenvalue weighted by Crippen LogP contribution is -2.46. The molecule has 1 aliphatic heterocycles. The summed E-state index contributed by atoms with van der Waals surface area (Å²) in [5.41, 5.74) is -0.466. The molecular formula is C14H27NO2. The van der Waals surface area contributed by atoms with Gasteiger partial charge in [0.2, 0.25) is 0 Å². The van der Waals surface area contributed by atoms with Crippen LogP contribution in [0.5, 0.6) is 0 Å². The zero-order valence-corrected chi connectivity index (χ0v) is 11.1. The third-order valence-corrected chi connectivity index (χ3v) is 4.17. The molecule has 3 atom stereocenters. The third kappa shape index (κ3) is 4.23. The number of aliphatic hydroxyl groups is 1. The van der Waals surface area contributed by atoms with Gasteiger partial charge < -0.3 is 15.2 Å². The second kappa shape index (κ2) is 6.17. The zero-order valence-electron chi connectivity index (χ0n) is 11.1. The molecule has 3 unspecified atom stereocenters. The SMILES string of the molecule is CC1CCCC(O)(CNCC2CCCCO2)C1. The first-order chi connectivity index (χ1) is 8.18. The van der Waals surface area contributed by atoms with Gasteiger partial charge in [0, 0.05) is 19.7 Å². The predicted molar refractivity (Wildman–Crippen MR) is 69.0 cm³/mol. The van der Waals surface area contributed by atoms with Crippen molar-refractivity contribution >= 4 is 0 Å². The Balaban J connectivity index is 1.66. The molecule has 0 aromatic rings. The molecule has 0 aromatic heterocycles. The summed E-state index contributed by atoms with van der Waals surface area (Å²) in [5.74, 6) is 0.668. The van der Waals surface area contributed by atoms with Crippen molar-refractivity contribution in [2.24, 2.45) is 5.92 Å². The Morgan fingerprint density at radius 1 is 1.29 bits per heavy atom. The van der Waals surface area contributed by atoms with Gasteiger partial charge in [-0.3, -0.25) is 0 Å². The lowest BCUT2D eigenvalue weighted by atomic mass is 9.79. The van der Waals surface area contributed by atoms with E-state index in [2.05, 4.69) is 12.2 Å². The van der Waals surface area contributed by atoms with Gasteiger partial charge in [-0.1, -0.05) is 19.8 Å². The van der Waals surface area contributed by atoms with Gasteiger partial charge in [-0.2, -0.15) is 0 Å². The van der Waals surface area contributed by atoms with Gasteiger partial charge in [0.05, 0.1) is 11.7 Å². The average molecular weight is 241 g/mol. The molecule has 0 amide bonds. The van der Waals surface area contributed by atoms with Crippen LogP contribution in [0.1, 0.15) is 51.9 Å². The summed E-state index contributed by atoms with van der Waals surface area (Å²) in [6, 6.07) is 0. The summed E-state index contributed by atoms with van der Waals surface area (Å²) < 4.78 is 5.68. The van der Waals surface area contributed by atoms with Crippen LogP contribution < -0.4 is 5.32 Å². The molecule has 1 saturated carbocycles. The summed E-state index contributed by atoms with van der Waals surface area (Å²) in [4.78, 5) is 0. The van der Waals surface area contributed by atoms with Crippen LogP contribution >= 0.6 is 0 Å². The van der Waals surface area contributed by atoms with Gasteiger partial charge in [-0.25, -0.2) is 0 Å². The van der Waals surface area contributed by atoms with Crippen LogP contribution in [0.4, 0.5) is 0 Å². The molecule has 0 bridgehead atoms. The van der Waals surface area contributed by atoms with E-state index in [1.165, 1.54) is 32.1 Å². The maximum Gasteiger partial charge on any atom is 0.0774 e. The van der Waals surface area contributed by atoms with Gasteiger partial charge in [0.15, 0.2) is 0 Å². The van der Waals surface area contributed by atoms with Crippen LogP contribution in [0.3, 0.4) is 0 Å². The number of ether oxygens (including phenoxy) is 1. The van der Waals surface area contributed by atoms with Gasteiger partial charge in [-0.15, -0.1) is 0 Å². The van der Waals surface area contributed by atoms with E-state index in [0.29, 0.717) is 12.0 Å². The van der Waals surface area contributed by atoms with Gasteiger partial charge >= 0.3 is 0 Å². The third-order valence-electron chi connectivity index (χ3n) is 4.17. The smallest absolute Gasteiger partial charge is 0.0774 e. The first-order valence-corrected chi connectivity index (χ1v) is 7.23. The molecular weight excluding hydrogens is 214 g/mol. The van der Waals surface area contributed by atoms with E-state index in [-0.39, 0.29) is 0 Å². The summed E-state index contributed by atoms with van der Waals surface area (Å²) in [7, 11) is 0. The Morgan fingerprint density at radius 3 is 2.88 bits per heavy atom. The molecule has 1 aliphatic carbocycles. The van der Waals surface area contributed by atoms with Gasteiger partial charge in [0.1, 0.15) is 0 Å². The van der Waals surface area contributed by atoms with E-state index in [1.807, 2.05) is 0 Å². The van der Waals surface area contributed by atoms with Crippen LogP contribution in [0.25, 0.3) is 0 Å². The predicted octanol–water partition coefficient (Wildman–Crippen LogP) is 2.09. The fourth-order valence-corrected chi connectivity index (χ4v) is 3.23. The highest BCUT2D eigenvalue weighted by molar-refractivity contribution is 4.87. The average Bonchev–Trinajstić information content (AvgIpc) is 2.30. The Bertz CT molecular complexity index is 228. The molecule has 2 fully saturated rings. The number of hydrogen-bond donors (Lipinski definition) is 2. The first kappa shape index (κ1) is 13.3. The lowest BCUT2D eigenvalue weighted by molar-refractivity contribution is -0.0205. The monoisotopic (exact) mass is 241 g/mol. The Morgan fingerprint density at radius 2 is 2.18 bits per heavy atom. The van der Waals surface area contributed by atoms with Crippen molar-refractivity contribution in [3.63, 3.8) is 0 Å². The van der Waals surface area contributed by atoms with Crippen LogP contribution in [0.2, 0.25) is 0 Å². The van der Waals surface area contributed by atoms with Crippen molar-refractivity contribution in [2.75, 3.05) is 19.7 Å². The molecule has 3 heteroatoms. The minimum atomic E-state index is -0.466. The minimum Gasteiger partial charge on any atom is -0.389 e. The summed E-state index contributed by atoms with van der Waals surface area (Å²) in [5, 5.41) is 13.9. The number of hydrogen-bond acceptors (Lipinski definition) is 3. The van der Waals surface area contributed by atoms with Crippen LogP contribution in [-0.4, -0.2) is 36.5 Å². The molecule has 1 heterocycles. The standard InChI is InChI=1S/C14H27NO2/c1-12-5-4-7-14(16,9-12)11-15-10-13-6-2-3-8-17-13/h12-13,15-16H,2-11H2,1H3. The minimum absolute atomic E-state index is 0.369. The van der Waals surface area contributed by atoms with E-state index >= 15 is 0 Å². The van der Waals surface area contributed by atoms with Crippen molar-refractivity contribution in [3.05, 3.63) is 0 Å². The molecule has 17 heavy (non-hydrogen) atoms. The summed E-state index contributed by atoms with van der Waals surface area (Å²) in [6.45, 7) is 4.79. The normalized spacial score (nSPS) is 39.2. The maximum absolute atomic E-state index is 10.5. The highest BCUT2D eigenvalue weighted by Gasteiger charge is 2.32. The Hall–Kier alpha value is -0.120. The molecule has 2 rings (SSSR count). The molecule has 1 saturated heterocycles. The maximum atomic E-state index is 10.5. The molecule has 0 radical (unpaired) electrons. The topological polar surface area (TPSA) is 41.5 Å². The van der Waals surface area contributed by atoms with Gasteiger partial charge in [0.25, 0.3) is 0 Å². The molecule has 3 nitrogen and oxygen atoms in total. The Labute approximate surface area is 105 Å². The van der Waals surface area contributed by atoms with E-state index in [0.717, 1.165) is 32.5 Å². The van der Waals surface area contributed by atoms with E-state index < -0.39 is 5.60 Å². The quantitative estimate of drug-likeness (QED) is 0.792. The second-order valence-electron chi connectivity index (χ2n) is 6.05. The van der Waals surface area contributed by atoms with Crippen LogP contribution in [0, 0.1) is 5.92 Å². The number of nitrogens with one attached hydrogen (secondary N) is 1. The van der Waals surface area contributed by atoms with Crippen molar-refractivity contribution in [1.82, 2.24) is 5.32 Å². The van der Waals surface area contributed by atoms with Crippen molar-refractivity contribution in [3.8, 4) is 0 Å². The highest BCUT2D eigenvalue weighted by Crippen LogP contribution is 2.31. The number of rotatable bonds is 4. The molecule has 0 aromatic carbocycles. The molecule has 2 aliphatic rings. The summed E-state index contributed by atoms with van der Waals surface area (Å²) >= 11 is 0. The van der Waals surface area contributed by atoms with Crippen LogP contribution in [-0.2, 0) is 4.74 Å². The van der Waals surface area contributed by atoms with E-state index in [1.54, 1.807) is 0 Å². The highest BCUT2D eigenvalue weighted by atomic mass is 16.5. The fourth-order valence-electron chi connectivity index (χ4n) is 3.23. The van der Waals surface area contributed by atoms with Crippen molar-refractivity contribution in [1.29, 1.82) is 0 Å². The van der Waals surface area contributed by atoms with Crippen molar-refractivity contribution in [2.45, 2.75) is 63.6 Å². The molecule has 100 valence electrons. The molecule has 0 spiro atoms. The van der Waals surface area contributed by atoms with E-state index in [9.17, 15) is 5.11 Å². The van der Waals surface area contributed by atoms with Crippen LogP contribution in [0.15, 0.2) is 0 Å². The first-order valence-electron chi connectivity index (χ1n) is 7.23. The second-order valence-corrected chi connectivity index (χ2v) is 6.05. The van der Waals surface area contributed by atoms with Gasteiger partial charge in [-0.05, 0) is 38.0 Å². The molecule has 2 N–H and O–H groups in total. The zero-order chi connectivity index (χ0) is 12.1. The Kier molecular flexibility index (Phi) is 4.83. The largest absolute Gasteiger partial charge is 0.389 e. The van der Waals surface area contributed by atoms with E-state index in [4.69, 9.17) is 4.74 Å².